The van der Waals surface area contributed by atoms with Gasteiger partial charge < -0.3 is 8.85 Å². The summed E-state index contributed by atoms with van der Waals surface area (Å²) in [5.74, 6) is 1.03. The molecule has 0 aliphatic heterocycles. The van der Waals surface area contributed by atoms with Gasteiger partial charge in [-0.15, -0.1) is 0 Å². The van der Waals surface area contributed by atoms with Crippen LogP contribution in [-0.4, -0.2) is 22.8 Å². The first-order valence-corrected chi connectivity index (χ1v) is 8.76. The average Bonchev–Trinajstić information content (AvgIpc) is 2.22. The van der Waals surface area contributed by atoms with Gasteiger partial charge in [-0.25, -0.2) is 0 Å². The second-order valence-electron chi connectivity index (χ2n) is 6.17. The van der Waals surface area contributed by atoms with E-state index in [1.807, 2.05) is 14.2 Å². The largest absolute Gasteiger partial charge is 0.397 e. The Bertz CT molecular complexity index is 252. The smallest absolute Gasteiger partial charge is 0.347 e. The quantitative estimate of drug-likeness (QED) is 0.699. The Balaban J connectivity index is 1.82. The first kappa shape index (κ1) is 11.2. The van der Waals surface area contributed by atoms with Crippen LogP contribution in [-0.2, 0) is 8.85 Å². The minimum absolute atomic E-state index is 0.531. The minimum atomic E-state index is -1.92. The Morgan fingerprint density at radius 2 is 1.50 bits per heavy atom. The van der Waals surface area contributed by atoms with E-state index in [0.29, 0.717) is 5.04 Å². The maximum absolute atomic E-state index is 6.09. The van der Waals surface area contributed by atoms with Crippen molar-refractivity contribution >= 4 is 8.56 Å². The molecule has 0 aromatic heterocycles. The second-order valence-corrected chi connectivity index (χ2v) is 10.2. The summed E-state index contributed by atoms with van der Waals surface area (Å²) in [5, 5.41) is 0.531. The number of rotatable bonds is 4. The zero-order valence-corrected chi connectivity index (χ0v) is 11.6. The third-order valence-electron chi connectivity index (χ3n) is 5.53. The third-order valence-corrected chi connectivity index (χ3v) is 10.5. The fraction of sp³-hybridized carbons (Fsp3) is 1.00. The molecule has 4 fully saturated rings. The summed E-state index contributed by atoms with van der Waals surface area (Å²) >= 11 is 0. The molecule has 16 heavy (non-hydrogen) atoms. The Morgan fingerprint density at radius 1 is 0.938 bits per heavy atom. The van der Waals surface area contributed by atoms with Gasteiger partial charge in [0, 0.05) is 24.8 Å². The van der Waals surface area contributed by atoms with Gasteiger partial charge in [-0.05, 0) is 38.0 Å². The Labute approximate surface area is 100.0 Å². The summed E-state index contributed by atoms with van der Waals surface area (Å²) in [7, 11) is 1.93. The van der Waals surface area contributed by atoms with Gasteiger partial charge in [0.1, 0.15) is 0 Å². The molecule has 4 aliphatic carbocycles. The van der Waals surface area contributed by atoms with Crippen LogP contribution in [0, 0.1) is 5.92 Å². The Morgan fingerprint density at radius 3 is 1.88 bits per heavy atom. The van der Waals surface area contributed by atoms with Crippen molar-refractivity contribution < 1.29 is 8.85 Å². The van der Waals surface area contributed by atoms with Crippen LogP contribution in [0.5, 0.6) is 0 Å². The number of hydrogen-bond donors (Lipinski definition) is 0. The van der Waals surface area contributed by atoms with Crippen LogP contribution < -0.4 is 0 Å². The SMILES string of the molecule is CO[Si](OC)(C1CCCCC1)C12CC(C1)C2. The molecule has 0 spiro atoms. The Kier molecular flexibility index (Phi) is 2.68. The molecule has 0 aromatic carbocycles. The predicted octanol–water partition coefficient (Wildman–Crippen LogP) is 3.61. The van der Waals surface area contributed by atoms with Crippen molar-refractivity contribution in [2.45, 2.75) is 61.9 Å². The number of hydrogen-bond acceptors (Lipinski definition) is 2. The van der Waals surface area contributed by atoms with Gasteiger partial charge in [0.25, 0.3) is 0 Å². The summed E-state index contributed by atoms with van der Waals surface area (Å²) in [6.07, 6.45) is 11.2. The zero-order chi connectivity index (χ0) is 11.2. The maximum Gasteiger partial charge on any atom is 0.347 e. The lowest BCUT2D eigenvalue weighted by Crippen LogP contribution is -2.67. The molecular formula is C13H24O2Si. The maximum atomic E-state index is 6.09. The molecule has 0 saturated heterocycles. The van der Waals surface area contributed by atoms with E-state index in [1.165, 1.54) is 51.4 Å². The first-order valence-electron chi connectivity index (χ1n) is 6.87. The molecule has 4 rings (SSSR count). The molecule has 4 saturated carbocycles. The second kappa shape index (κ2) is 3.82. The van der Waals surface area contributed by atoms with Crippen LogP contribution in [0.2, 0.25) is 10.6 Å². The van der Waals surface area contributed by atoms with Gasteiger partial charge in [-0.2, -0.15) is 0 Å². The monoisotopic (exact) mass is 240 g/mol. The van der Waals surface area contributed by atoms with E-state index >= 15 is 0 Å². The fourth-order valence-electron chi connectivity index (χ4n) is 4.67. The molecule has 0 N–H and O–H groups in total. The summed E-state index contributed by atoms with van der Waals surface area (Å²) in [4.78, 5) is 0. The first-order chi connectivity index (χ1) is 7.76. The van der Waals surface area contributed by atoms with Gasteiger partial charge >= 0.3 is 8.56 Å². The summed E-state index contributed by atoms with van der Waals surface area (Å²) in [6, 6.07) is 0. The predicted molar refractivity (Wildman–Crippen MR) is 66.6 cm³/mol. The third kappa shape index (κ3) is 1.25. The van der Waals surface area contributed by atoms with Crippen molar-refractivity contribution in [3.63, 3.8) is 0 Å². The molecule has 0 heterocycles. The van der Waals surface area contributed by atoms with Crippen LogP contribution in [0.3, 0.4) is 0 Å². The molecule has 0 atom stereocenters. The van der Waals surface area contributed by atoms with E-state index in [2.05, 4.69) is 0 Å². The topological polar surface area (TPSA) is 18.5 Å². The Hall–Kier alpha value is 0.137. The lowest BCUT2D eigenvalue weighted by molar-refractivity contribution is -0.0176. The lowest BCUT2D eigenvalue weighted by atomic mass is 9.55. The highest BCUT2D eigenvalue weighted by Crippen LogP contribution is 2.77. The van der Waals surface area contributed by atoms with E-state index in [4.69, 9.17) is 8.85 Å². The summed E-state index contributed by atoms with van der Waals surface area (Å²) in [6.45, 7) is 0. The molecule has 0 radical (unpaired) electrons. The highest BCUT2D eigenvalue weighted by molar-refractivity contribution is 6.73. The summed E-state index contributed by atoms with van der Waals surface area (Å²) in [5.41, 5.74) is 0.775. The van der Waals surface area contributed by atoms with Crippen LogP contribution in [0.25, 0.3) is 0 Å². The molecule has 3 heteroatoms. The van der Waals surface area contributed by atoms with E-state index in [1.54, 1.807) is 0 Å². The molecule has 0 unspecified atom stereocenters. The molecule has 0 aromatic rings. The van der Waals surface area contributed by atoms with Gasteiger partial charge in [-0.3, -0.25) is 0 Å². The van der Waals surface area contributed by atoms with Crippen molar-refractivity contribution in [1.29, 1.82) is 0 Å². The van der Waals surface area contributed by atoms with Crippen molar-refractivity contribution in [1.82, 2.24) is 0 Å². The van der Waals surface area contributed by atoms with Crippen molar-refractivity contribution in [3.05, 3.63) is 0 Å². The van der Waals surface area contributed by atoms with Crippen LogP contribution in [0.15, 0.2) is 0 Å². The zero-order valence-electron chi connectivity index (χ0n) is 10.6. The van der Waals surface area contributed by atoms with E-state index in [-0.39, 0.29) is 0 Å². The van der Waals surface area contributed by atoms with Crippen LogP contribution >= 0.6 is 0 Å². The molecule has 2 bridgehead atoms. The van der Waals surface area contributed by atoms with Crippen LogP contribution in [0.1, 0.15) is 51.4 Å². The summed E-state index contributed by atoms with van der Waals surface area (Å²) < 4.78 is 12.2. The average molecular weight is 240 g/mol. The van der Waals surface area contributed by atoms with Crippen molar-refractivity contribution in [2.24, 2.45) is 5.92 Å². The van der Waals surface area contributed by atoms with Gasteiger partial charge in [0.05, 0.1) is 0 Å². The van der Waals surface area contributed by atoms with Crippen molar-refractivity contribution in [2.75, 3.05) is 14.2 Å². The fourth-order valence-corrected chi connectivity index (χ4v) is 10.1. The van der Waals surface area contributed by atoms with Gasteiger partial charge in [0.2, 0.25) is 0 Å². The van der Waals surface area contributed by atoms with Crippen LogP contribution in [0.4, 0.5) is 0 Å². The molecule has 0 amide bonds. The van der Waals surface area contributed by atoms with Gasteiger partial charge in [-0.1, -0.05) is 19.3 Å². The molecular weight excluding hydrogens is 216 g/mol. The van der Waals surface area contributed by atoms with E-state index < -0.39 is 8.56 Å². The molecule has 4 aliphatic rings. The van der Waals surface area contributed by atoms with Gasteiger partial charge in [0.15, 0.2) is 0 Å². The van der Waals surface area contributed by atoms with E-state index in [0.717, 1.165) is 11.5 Å². The molecule has 2 nitrogen and oxygen atoms in total. The van der Waals surface area contributed by atoms with E-state index in [9.17, 15) is 0 Å². The molecule has 92 valence electrons. The minimum Gasteiger partial charge on any atom is -0.397 e. The van der Waals surface area contributed by atoms with Crippen molar-refractivity contribution in [3.8, 4) is 0 Å². The standard InChI is InChI=1S/C13H24O2Si/c1-14-16(15-2,12-6-4-3-5-7-12)13-8-11(9-13)10-13/h11-12H,3-10H2,1-2H3. The lowest BCUT2D eigenvalue weighted by Gasteiger charge is -2.68. The highest BCUT2D eigenvalue weighted by Gasteiger charge is 2.73. The normalized spacial score (nSPS) is 39.0. The highest BCUT2D eigenvalue weighted by atomic mass is 28.4.